The number of hydrogen-bond donors (Lipinski definition) is 1. The van der Waals surface area contributed by atoms with E-state index in [0.717, 1.165) is 12.1 Å². The van der Waals surface area contributed by atoms with E-state index in [-0.39, 0.29) is 0 Å². The first-order chi connectivity index (χ1) is 8.65. The first-order valence-electron chi connectivity index (χ1n) is 6.25. The average Bonchev–Trinajstić information content (AvgIpc) is 2.78. The smallest absolute Gasteiger partial charge is 0.247 e. The molecule has 0 aliphatic rings. The van der Waals surface area contributed by atoms with E-state index >= 15 is 0 Å². The molecule has 1 heterocycles. The lowest BCUT2D eigenvalue weighted by atomic mass is 10.1. The van der Waals surface area contributed by atoms with Crippen molar-refractivity contribution in [1.82, 2.24) is 15.5 Å². The molecule has 0 atom stereocenters. The molecule has 0 bridgehead atoms. The standard InChI is InChI=1S/C14H19N3O/c1-10(2)8-15-9-13-16-17-14(18-13)12-6-4-11(3)5-7-12/h4-7,10,15H,8-9H2,1-3H3. The fourth-order valence-electron chi connectivity index (χ4n) is 1.61. The zero-order valence-electron chi connectivity index (χ0n) is 11.1. The van der Waals surface area contributed by atoms with E-state index in [0.29, 0.717) is 24.2 Å². The highest BCUT2D eigenvalue weighted by atomic mass is 16.4. The maximum absolute atomic E-state index is 5.61. The van der Waals surface area contributed by atoms with Gasteiger partial charge < -0.3 is 9.73 Å². The monoisotopic (exact) mass is 245 g/mol. The third kappa shape index (κ3) is 3.40. The molecule has 0 aliphatic carbocycles. The van der Waals surface area contributed by atoms with Crippen molar-refractivity contribution in [2.45, 2.75) is 27.3 Å². The second-order valence-electron chi connectivity index (χ2n) is 4.89. The number of hydrogen-bond acceptors (Lipinski definition) is 4. The number of benzene rings is 1. The van der Waals surface area contributed by atoms with E-state index in [9.17, 15) is 0 Å². The maximum atomic E-state index is 5.61. The third-order valence-electron chi connectivity index (χ3n) is 2.59. The molecule has 4 nitrogen and oxygen atoms in total. The van der Waals surface area contributed by atoms with Crippen molar-refractivity contribution in [2.24, 2.45) is 5.92 Å². The fraction of sp³-hybridized carbons (Fsp3) is 0.429. The number of rotatable bonds is 5. The molecule has 0 aliphatic heterocycles. The molecule has 2 aromatic rings. The molecule has 0 saturated carbocycles. The Balaban J connectivity index is 1.99. The topological polar surface area (TPSA) is 51.0 Å². The Morgan fingerprint density at radius 3 is 2.56 bits per heavy atom. The van der Waals surface area contributed by atoms with E-state index in [1.54, 1.807) is 0 Å². The summed E-state index contributed by atoms with van der Waals surface area (Å²) in [5, 5.41) is 11.4. The second-order valence-corrected chi connectivity index (χ2v) is 4.89. The van der Waals surface area contributed by atoms with E-state index in [4.69, 9.17) is 4.42 Å². The van der Waals surface area contributed by atoms with Crippen LogP contribution in [0, 0.1) is 12.8 Å². The van der Waals surface area contributed by atoms with Gasteiger partial charge >= 0.3 is 0 Å². The lowest BCUT2D eigenvalue weighted by molar-refractivity contribution is 0.459. The summed E-state index contributed by atoms with van der Waals surface area (Å²) in [4.78, 5) is 0. The highest BCUT2D eigenvalue weighted by molar-refractivity contribution is 5.52. The van der Waals surface area contributed by atoms with Crippen molar-refractivity contribution in [1.29, 1.82) is 0 Å². The zero-order chi connectivity index (χ0) is 13.0. The van der Waals surface area contributed by atoms with Crippen molar-refractivity contribution < 1.29 is 4.42 Å². The Morgan fingerprint density at radius 2 is 1.89 bits per heavy atom. The summed E-state index contributed by atoms with van der Waals surface area (Å²) < 4.78 is 5.61. The van der Waals surface area contributed by atoms with Crippen molar-refractivity contribution in [3.63, 3.8) is 0 Å². The highest BCUT2D eigenvalue weighted by Gasteiger charge is 2.07. The van der Waals surface area contributed by atoms with Gasteiger partial charge in [0.1, 0.15) is 0 Å². The predicted octanol–water partition coefficient (Wildman–Crippen LogP) is 2.79. The van der Waals surface area contributed by atoms with Gasteiger partial charge in [-0.05, 0) is 31.5 Å². The van der Waals surface area contributed by atoms with Gasteiger partial charge in [-0.2, -0.15) is 0 Å². The van der Waals surface area contributed by atoms with Crippen molar-refractivity contribution in [3.05, 3.63) is 35.7 Å². The van der Waals surface area contributed by atoms with Crippen LogP contribution >= 0.6 is 0 Å². The van der Waals surface area contributed by atoms with E-state index < -0.39 is 0 Å². The van der Waals surface area contributed by atoms with Crippen LogP contribution in [0.2, 0.25) is 0 Å². The van der Waals surface area contributed by atoms with Crippen molar-refractivity contribution >= 4 is 0 Å². The minimum atomic E-state index is 0.580. The predicted molar refractivity (Wildman–Crippen MR) is 71.0 cm³/mol. The number of aromatic nitrogens is 2. The molecule has 4 heteroatoms. The number of nitrogens with zero attached hydrogens (tertiary/aromatic N) is 2. The molecule has 1 aromatic carbocycles. The van der Waals surface area contributed by atoms with Gasteiger partial charge in [0.15, 0.2) is 0 Å². The largest absolute Gasteiger partial charge is 0.419 e. The van der Waals surface area contributed by atoms with Crippen LogP contribution in [0.5, 0.6) is 0 Å². The zero-order valence-corrected chi connectivity index (χ0v) is 11.1. The summed E-state index contributed by atoms with van der Waals surface area (Å²) >= 11 is 0. The first-order valence-corrected chi connectivity index (χ1v) is 6.25. The number of aryl methyl sites for hydroxylation is 1. The molecule has 0 saturated heterocycles. The van der Waals surface area contributed by atoms with Gasteiger partial charge in [-0.15, -0.1) is 10.2 Å². The Hall–Kier alpha value is -1.68. The summed E-state index contributed by atoms with van der Waals surface area (Å²) in [5.41, 5.74) is 2.18. The third-order valence-corrected chi connectivity index (χ3v) is 2.59. The SMILES string of the molecule is Cc1ccc(-c2nnc(CNCC(C)C)o2)cc1. The summed E-state index contributed by atoms with van der Waals surface area (Å²) in [5.74, 6) is 1.83. The minimum absolute atomic E-state index is 0.580. The highest BCUT2D eigenvalue weighted by Crippen LogP contribution is 2.17. The lowest BCUT2D eigenvalue weighted by Crippen LogP contribution is -2.19. The van der Waals surface area contributed by atoms with Crippen LogP contribution in [-0.4, -0.2) is 16.7 Å². The summed E-state index contributed by atoms with van der Waals surface area (Å²) in [6, 6.07) is 8.06. The van der Waals surface area contributed by atoms with Gasteiger partial charge in [-0.1, -0.05) is 31.5 Å². The van der Waals surface area contributed by atoms with Gasteiger partial charge in [-0.25, -0.2) is 0 Å². The molecule has 0 radical (unpaired) electrons. The van der Waals surface area contributed by atoms with Gasteiger partial charge in [0.25, 0.3) is 0 Å². The van der Waals surface area contributed by atoms with Gasteiger partial charge in [0, 0.05) is 5.56 Å². The molecule has 1 N–H and O–H groups in total. The quantitative estimate of drug-likeness (QED) is 0.880. The normalized spacial score (nSPS) is 11.1. The van der Waals surface area contributed by atoms with Crippen LogP contribution in [-0.2, 0) is 6.54 Å². The van der Waals surface area contributed by atoms with Gasteiger partial charge in [0.05, 0.1) is 6.54 Å². The van der Waals surface area contributed by atoms with Crippen LogP contribution in [0.4, 0.5) is 0 Å². The molecule has 0 fully saturated rings. The van der Waals surface area contributed by atoms with Crippen molar-refractivity contribution in [3.8, 4) is 11.5 Å². The Labute approximate surface area is 107 Å². The summed E-state index contributed by atoms with van der Waals surface area (Å²) in [6.07, 6.45) is 0. The first kappa shape index (κ1) is 12.8. The average molecular weight is 245 g/mol. The van der Waals surface area contributed by atoms with E-state index in [1.165, 1.54) is 5.56 Å². The van der Waals surface area contributed by atoms with Crippen LogP contribution in [0.1, 0.15) is 25.3 Å². The van der Waals surface area contributed by atoms with E-state index in [2.05, 4.69) is 36.3 Å². The Bertz CT molecular complexity index is 488. The lowest BCUT2D eigenvalue weighted by Gasteiger charge is -2.03. The number of nitrogens with one attached hydrogen (secondary N) is 1. The van der Waals surface area contributed by atoms with E-state index in [1.807, 2.05) is 24.3 Å². The van der Waals surface area contributed by atoms with Crippen LogP contribution < -0.4 is 5.32 Å². The molecule has 1 aromatic heterocycles. The second kappa shape index (κ2) is 5.78. The molecule has 2 rings (SSSR count). The molecule has 96 valence electrons. The van der Waals surface area contributed by atoms with Crippen LogP contribution in [0.3, 0.4) is 0 Å². The van der Waals surface area contributed by atoms with Crippen molar-refractivity contribution in [2.75, 3.05) is 6.54 Å². The molecule has 18 heavy (non-hydrogen) atoms. The molecule has 0 amide bonds. The molecule has 0 unspecified atom stereocenters. The molecule has 0 spiro atoms. The van der Waals surface area contributed by atoms with Gasteiger partial charge in [-0.3, -0.25) is 0 Å². The fourth-order valence-corrected chi connectivity index (χ4v) is 1.61. The van der Waals surface area contributed by atoms with Crippen LogP contribution in [0.15, 0.2) is 28.7 Å². The Morgan fingerprint density at radius 1 is 1.17 bits per heavy atom. The Kier molecular flexibility index (Phi) is 4.10. The molecular formula is C14H19N3O. The molecular weight excluding hydrogens is 226 g/mol. The minimum Gasteiger partial charge on any atom is -0.419 e. The van der Waals surface area contributed by atoms with Gasteiger partial charge in [0.2, 0.25) is 11.8 Å². The summed E-state index contributed by atoms with van der Waals surface area (Å²) in [6.45, 7) is 7.95. The maximum Gasteiger partial charge on any atom is 0.247 e. The van der Waals surface area contributed by atoms with Crippen LogP contribution in [0.25, 0.3) is 11.5 Å². The summed E-state index contributed by atoms with van der Waals surface area (Å²) in [7, 11) is 0.